The third kappa shape index (κ3) is 5.87. The van der Waals surface area contributed by atoms with E-state index >= 15 is 0 Å². The number of nitrogens with zero attached hydrogens (tertiary/aromatic N) is 2. The van der Waals surface area contributed by atoms with E-state index in [0.717, 1.165) is 0 Å². The summed E-state index contributed by atoms with van der Waals surface area (Å²) in [7, 11) is 1.52. The van der Waals surface area contributed by atoms with E-state index in [1.807, 2.05) is 0 Å². The Morgan fingerprint density at radius 3 is 2.55 bits per heavy atom. The molecule has 0 saturated carbocycles. The number of benzene rings is 2. The zero-order valence-corrected chi connectivity index (χ0v) is 24.7. The van der Waals surface area contributed by atoms with Crippen LogP contribution < -0.4 is 14.9 Å². The molecule has 0 fully saturated rings. The molecule has 0 radical (unpaired) electrons. The molecule has 1 aliphatic heterocycles. The van der Waals surface area contributed by atoms with Gasteiger partial charge in [0.15, 0.2) is 4.80 Å². The van der Waals surface area contributed by atoms with Crippen LogP contribution >= 0.6 is 22.9 Å². The van der Waals surface area contributed by atoms with Gasteiger partial charge in [0.25, 0.3) is 5.56 Å². The number of carbonyl (C=O) groups excluding carboxylic acids is 2. The molecule has 9 nitrogen and oxygen atoms in total. The van der Waals surface area contributed by atoms with Gasteiger partial charge in [-0.25, -0.2) is 14.6 Å². The number of thiazole rings is 1. The number of aromatic nitrogens is 1. The highest BCUT2D eigenvalue weighted by atomic mass is 35.5. The van der Waals surface area contributed by atoms with E-state index in [1.54, 1.807) is 80.6 Å². The second-order valence-corrected chi connectivity index (χ2v) is 10.7. The summed E-state index contributed by atoms with van der Waals surface area (Å²) in [4.78, 5) is 44.6. The molecule has 216 valence electrons. The number of allylic oxidation sites excluding steroid dienone is 1. The average molecular weight is 607 g/mol. The highest BCUT2D eigenvalue weighted by Gasteiger charge is 2.33. The van der Waals surface area contributed by atoms with Gasteiger partial charge in [-0.15, -0.1) is 0 Å². The van der Waals surface area contributed by atoms with Crippen LogP contribution in [0.5, 0.6) is 0 Å². The van der Waals surface area contributed by atoms with Crippen LogP contribution in [0.15, 0.2) is 86.1 Å². The van der Waals surface area contributed by atoms with E-state index in [1.165, 1.54) is 23.0 Å². The summed E-state index contributed by atoms with van der Waals surface area (Å²) in [5.41, 5.74) is 1.98. The zero-order chi connectivity index (χ0) is 29.8. The molecule has 1 atom stereocenters. The zero-order valence-electron chi connectivity index (χ0n) is 23.1. The van der Waals surface area contributed by atoms with Crippen molar-refractivity contribution in [3.63, 3.8) is 0 Å². The van der Waals surface area contributed by atoms with Crippen LogP contribution in [0.1, 0.15) is 41.6 Å². The minimum atomic E-state index is -0.778. The van der Waals surface area contributed by atoms with Crippen LogP contribution in [-0.4, -0.2) is 43.4 Å². The third-order valence-corrected chi connectivity index (χ3v) is 7.77. The van der Waals surface area contributed by atoms with Crippen molar-refractivity contribution >= 4 is 41.0 Å². The van der Waals surface area contributed by atoms with Gasteiger partial charge in [0.05, 0.1) is 40.6 Å². The molecule has 4 aromatic rings. The monoisotopic (exact) mass is 606 g/mol. The Balaban J connectivity index is 1.58. The Morgan fingerprint density at radius 1 is 1.05 bits per heavy atom. The van der Waals surface area contributed by atoms with E-state index in [2.05, 4.69) is 4.99 Å². The van der Waals surface area contributed by atoms with Gasteiger partial charge in [-0.05, 0) is 49.7 Å². The second kappa shape index (κ2) is 12.7. The van der Waals surface area contributed by atoms with Crippen LogP contribution in [0.4, 0.5) is 0 Å². The summed E-state index contributed by atoms with van der Waals surface area (Å²) in [5, 5.41) is 0.522. The maximum absolute atomic E-state index is 13.9. The number of ether oxygens (including phenoxy) is 3. The molecule has 5 rings (SSSR count). The van der Waals surface area contributed by atoms with E-state index < -0.39 is 18.0 Å². The first-order valence-corrected chi connectivity index (χ1v) is 14.3. The van der Waals surface area contributed by atoms with Gasteiger partial charge < -0.3 is 18.6 Å². The number of esters is 2. The largest absolute Gasteiger partial charge is 0.462 e. The smallest absolute Gasteiger partial charge is 0.338 e. The summed E-state index contributed by atoms with van der Waals surface area (Å²) < 4.78 is 23.5. The van der Waals surface area contributed by atoms with Gasteiger partial charge in [-0.2, -0.15) is 0 Å². The van der Waals surface area contributed by atoms with Crippen LogP contribution in [0, 0.1) is 0 Å². The van der Waals surface area contributed by atoms with Crippen molar-refractivity contribution in [3.8, 4) is 11.3 Å². The van der Waals surface area contributed by atoms with E-state index in [9.17, 15) is 14.4 Å². The summed E-state index contributed by atoms with van der Waals surface area (Å²) in [5.74, 6) is -0.174. The lowest BCUT2D eigenvalue weighted by Crippen LogP contribution is -2.40. The van der Waals surface area contributed by atoms with Crippen LogP contribution in [-0.2, 0) is 19.0 Å². The number of furan rings is 1. The van der Waals surface area contributed by atoms with E-state index in [-0.39, 0.29) is 31.0 Å². The highest BCUT2D eigenvalue weighted by molar-refractivity contribution is 7.07. The molecule has 2 aromatic carbocycles. The van der Waals surface area contributed by atoms with Gasteiger partial charge in [-0.1, -0.05) is 53.3 Å². The first-order valence-electron chi connectivity index (χ1n) is 13.1. The predicted octanol–water partition coefficient (Wildman–Crippen LogP) is 4.51. The van der Waals surface area contributed by atoms with Gasteiger partial charge >= 0.3 is 11.9 Å². The molecule has 1 unspecified atom stereocenters. The van der Waals surface area contributed by atoms with Crippen molar-refractivity contribution < 1.29 is 28.2 Å². The van der Waals surface area contributed by atoms with Gasteiger partial charge in [0, 0.05) is 23.8 Å². The molecule has 42 heavy (non-hydrogen) atoms. The molecular weight excluding hydrogens is 580 g/mol. The quantitative estimate of drug-likeness (QED) is 0.204. The molecular formula is C31H27ClN2O7S. The maximum atomic E-state index is 13.9. The number of hydrogen-bond donors (Lipinski definition) is 0. The van der Waals surface area contributed by atoms with Crippen LogP contribution in [0.3, 0.4) is 0 Å². The normalized spacial score (nSPS) is 14.9. The lowest BCUT2D eigenvalue weighted by molar-refractivity contribution is -0.140. The molecule has 11 heteroatoms. The molecule has 0 aliphatic carbocycles. The third-order valence-electron chi connectivity index (χ3n) is 6.54. The molecule has 0 saturated heterocycles. The molecule has 0 N–H and O–H groups in total. The van der Waals surface area contributed by atoms with Crippen molar-refractivity contribution in [1.82, 2.24) is 4.57 Å². The lowest BCUT2D eigenvalue weighted by Gasteiger charge is -2.24. The Bertz CT molecular complexity index is 1850. The number of carbonyl (C=O) groups is 2. The fourth-order valence-corrected chi connectivity index (χ4v) is 5.78. The molecule has 2 aromatic heterocycles. The Morgan fingerprint density at radius 2 is 1.81 bits per heavy atom. The summed E-state index contributed by atoms with van der Waals surface area (Å²) >= 11 is 7.31. The number of rotatable bonds is 9. The molecule has 1 aliphatic rings. The van der Waals surface area contributed by atoms with E-state index in [0.29, 0.717) is 48.3 Å². The molecule has 3 heterocycles. The minimum Gasteiger partial charge on any atom is -0.462 e. The van der Waals surface area contributed by atoms with Crippen molar-refractivity contribution in [1.29, 1.82) is 0 Å². The average Bonchev–Trinajstić information content (AvgIpc) is 3.57. The summed E-state index contributed by atoms with van der Waals surface area (Å²) in [6, 6.07) is 16.6. The molecule has 0 bridgehead atoms. The van der Waals surface area contributed by atoms with Crippen molar-refractivity contribution in [2.75, 3.05) is 26.9 Å². The first kappa shape index (κ1) is 29.2. The van der Waals surface area contributed by atoms with Crippen molar-refractivity contribution in [3.05, 3.63) is 114 Å². The summed E-state index contributed by atoms with van der Waals surface area (Å²) in [6.45, 7) is 4.00. The lowest BCUT2D eigenvalue weighted by atomic mass is 9.96. The number of halogens is 1. The van der Waals surface area contributed by atoms with Crippen molar-refractivity contribution in [2.45, 2.75) is 19.9 Å². The standard InChI is InChI=1S/C31H27ClN2O7S/c1-4-39-29(36)23-8-6-5-7-22(23)24-14-13-21(41-24)17-25-28(35)34-27(19-9-11-20(32)12-10-19)26(18(2)33-31(34)42-25)30(37)40-16-15-38-3/h5-14,17,27H,4,15-16H2,1-3H3. The Hall–Kier alpha value is -4.25. The van der Waals surface area contributed by atoms with Gasteiger partial charge in [0.2, 0.25) is 0 Å². The number of hydrogen-bond acceptors (Lipinski definition) is 9. The van der Waals surface area contributed by atoms with Gasteiger partial charge in [-0.3, -0.25) is 9.36 Å². The topological polar surface area (TPSA) is 109 Å². The van der Waals surface area contributed by atoms with Gasteiger partial charge in [0.1, 0.15) is 18.1 Å². The maximum Gasteiger partial charge on any atom is 0.338 e. The van der Waals surface area contributed by atoms with Crippen LogP contribution in [0.2, 0.25) is 5.02 Å². The Kier molecular flexibility index (Phi) is 8.86. The first-order chi connectivity index (χ1) is 20.3. The fraction of sp³-hybridized carbons (Fsp3) is 0.226. The fourth-order valence-electron chi connectivity index (χ4n) is 4.63. The molecule has 0 spiro atoms. The van der Waals surface area contributed by atoms with Crippen LogP contribution in [0.25, 0.3) is 17.4 Å². The Labute approximate surface area is 249 Å². The van der Waals surface area contributed by atoms with Crippen molar-refractivity contribution in [2.24, 2.45) is 4.99 Å². The van der Waals surface area contributed by atoms with E-state index in [4.69, 9.17) is 30.2 Å². The molecule has 0 amide bonds. The minimum absolute atomic E-state index is 0.0595. The number of methoxy groups -OCH3 is 1. The second-order valence-electron chi connectivity index (χ2n) is 9.23. The highest BCUT2D eigenvalue weighted by Crippen LogP contribution is 2.31. The SMILES string of the molecule is CCOC(=O)c1ccccc1-c1ccc(C=c2sc3n(c2=O)C(c2ccc(Cl)cc2)C(C(=O)OCCOC)=C(C)N=3)o1. The predicted molar refractivity (Wildman–Crippen MR) is 158 cm³/mol. The summed E-state index contributed by atoms with van der Waals surface area (Å²) in [6.07, 6.45) is 1.62. The number of fused-ring (bicyclic) bond motifs is 1.